The van der Waals surface area contributed by atoms with Gasteiger partial charge in [-0.3, -0.25) is 4.79 Å². The van der Waals surface area contributed by atoms with Gasteiger partial charge in [0, 0.05) is 60.8 Å². The van der Waals surface area contributed by atoms with Gasteiger partial charge in [0.25, 0.3) is 0 Å². The zero-order valence-electron chi connectivity index (χ0n) is 13.6. The average molecular weight is 309 g/mol. The number of likely N-dealkylation sites (N-methyl/N-ethyl adjacent to an activating group) is 1. The minimum absolute atomic E-state index is 0.194. The Morgan fingerprint density at radius 3 is 2.83 bits per heavy atom. The zero-order valence-corrected chi connectivity index (χ0v) is 13.6. The number of hydrogen-bond acceptors (Lipinski definition) is 3. The Labute approximate surface area is 137 Å². The summed E-state index contributed by atoms with van der Waals surface area (Å²) in [7, 11) is 2.16. The van der Waals surface area contributed by atoms with Gasteiger partial charge in [0.15, 0.2) is 5.78 Å². The van der Waals surface area contributed by atoms with E-state index < -0.39 is 0 Å². The highest BCUT2D eigenvalue weighted by molar-refractivity contribution is 6.08. The molecule has 0 saturated carbocycles. The minimum atomic E-state index is 0.194. The van der Waals surface area contributed by atoms with E-state index in [1.165, 1.54) is 0 Å². The Hall–Kier alpha value is -2.09. The van der Waals surface area contributed by atoms with Gasteiger partial charge in [-0.05, 0) is 38.2 Å². The molecule has 0 atom stereocenters. The summed E-state index contributed by atoms with van der Waals surface area (Å²) in [6.07, 6.45) is 8.75. The average Bonchev–Trinajstić information content (AvgIpc) is 2.99. The lowest BCUT2D eigenvalue weighted by molar-refractivity contribution is 0.0969. The second-order valence-electron chi connectivity index (χ2n) is 6.28. The first-order chi connectivity index (χ1) is 11.2. The maximum absolute atomic E-state index is 12.5. The maximum atomic E-state index is 12.5. The van der Waals surface area contributed by atoms with Crippen LogP contribution >= 0.6 is 0 Å². The normalized spacial score (nSPS) is 16.5. The molecule has 4 heteroatoms. The van der Waals surface area contributed by atoms with Crippen molar-refractivity contribution in [2.45, 2.75) is 12.8 Å². The van der Waals surface area contributed by atoms with Crippen LogP contribution in [0, 0.1) is 12.3 Å². The number of nitrogens with zero attached hydrogens (tertiary/aromatic N) is 2. The molecular weight excluding hydrogens is 286 g/mol. The van der Waals surface area contributed by atoms with Crippen molar-refractivity contribution in [1.82, 2.24) is 14.8 Å². The van der Waals surface area contributed by atoms with E-state index in [2.05, 4.69) is 27.8 Å². The molecule has 1 aromatic heterocycles. The predicted molar refractivity (Wildman–Crippen MR) is 93.7 cm³/mol. The van der Waals surface area contributed by atoms with Crippen LogP contribution < -0.4 is 0 Å². The smallest absolute Gasteiger partial charge is 0.165 e. The second-order valence-corrected chi connectivity index (χ2v) is 6.28. The highest BCUT2D eigenvalue weighted by Crippen LogP contribution is 2.21. The molecule has 0 bridgehead atoms. The van der Waals surface area contributed by atoms with Crippen LogP contribution in [0.4, 0.5) is 0 Å². The zero-order chi connectivity index (χ0) is 16.2. The van der Waals surface area contributed by atoms with Gasteiger partial charge in [0.1, 0.15) is 0 Å². The summed E-state index contributed by atoms with van der Waals surface area (Å²) >= 11 is 0. The summed E-state index contributed by atoms with van der Waals surface area (Å²) < 4.78 is 0. The molecule has 1 aliphatic heterocycles. The lowest BCUT2D eigenvalue weighted by Crippen LogP contribution is -2.44. The SMILES string of the molecule is C#Cc1ccc2[nH]cc(C(=O)CCCN3CCN(C)CC3)c2c1. The Morgan fingerprint density at radius 2 is 2.09 bits per heavy atom. The number of Topliss-reactive ketones (excluding diaryl/α,β-unsaturated/α-hetero) is 1. The van der Waals surface area contributed by atoms with Crippen molar-refractivity contribution in [3.8, 4) is 12.3 Å². The number of aromatic nitrogens is 1. The van der Waals surface area contributed by atoms with Crippen LogP contribution in [0.15, 0.2) is 24.4 Å². The van der Waals surface area contributed by atoms with Crippen molar-refractivity contribution in [3.05, 3.63) is 35.5 Å². The molecular formula is C19H23N3O. The molecule has 1 saturated heterocycles. The molecule has 0 unspecified atom stereocenters. The Kier molecular flexibility index (Phi) is 4.80. The molecule has 120 valence electrons. The van der Waals surface area contributed by atoms with Gasteiger partial charge in [0.05, 0.1) is 0 Å². The van der Waals surface area contributed by atoms with Gasteiger partial charge in [0.2, 0.25) is 0 Å². The van der Waals surface area contributed by atoms with Crippen LogP contribution in [0.1, 0.15) is 28.8 Å². The van der Waals surface area contributed by atoms with Crippen LogP contribution in [0.3, 0.4) is 0 Å². The molecule has 0 amide bonds. The monoisotopic (exact) mass is 309 g/mol. The number of ketones is 1. The number of hydrogen-bond donors (Lipinski definition) is 1. The van der Waals surface area contributed by atoms with Crippen LogP contribution in [0.25, 0.3) is 10.9 Å². The lowest BCUT2D eigenvalue weighted by atomic mass is 10.0. The van der Waals surface area contributed by atoms with E-state index in [-0.39, 0.29) is 5.78 Å². The molecule has 0 spiro atoms. The van der Waals surface area contributed by atoms with E-state index in [9.17, 15) is 4.79 Å². The van der Waals surface area contributed by atoms with Crippen LogP contribution in [-0.4, -0.2) is 60.3 Å². The summed E-state index contributed by atoms with van der Waals surface area (Å²) in [6.45, 7) is 5.43. The van der Waals surface area contributed by atoms with Crippen molar-refractivity contribution in [2.24, 2.45) is 0 Å². The standard InChI is InChI=1S/C19H23N3O/c1-3-15-6-7-18-16(13-15)17(14-20-18)19(23)5-4-8-22-11-9-21(2)10-12-22/h1,6-7,13-14,20H,4-5,8-12H2,2H3. The molecule has 0 radical (unpaired) electrons. The molecule has 1 aliphatic rings. The van der Waals surface area contributed by atoms with E-state index in [0.717, 1.165) is 61.2 Å². The number of fused-ring (bicyclic) bond motifs is 1. The number of terminal acetylenes is 1. The van der Waals surface area contributed by atoms with Gasteiger partial charge in [-0.15, -0.1) is 6.42 Å². The molecule has 1 aromatic carbocycles. The van der Waals surface area contributed by atoms with Crippen LogP contribution in [0.5, 0.6) is 0 Å². The Morgan fingerprint density at radius 1 is 1.30 bits per heavy atom. The third-order valence-corrected chi connectivity index (χ3v) is 4.62. The number of benzene rings is 1. The fraction of sp³-hybridized carbons (Fsp3) is 0.421. The predicted octanol–water partition coefficient (Wildman–Crippen LogP) is 2.36. The first-order valence-electron chi connectivity index (χ1n) is 8.19. The van der Waals surface area contributed by atoms with E-state index in [4.69, 9.17) is 6.42 Å². The van der Waals surface area contributed by atoms with Crippen molar-refractivity contribution in [3.63, 3.8) is 0 Å². The quantitative estimate of drug-likeness (QED) is 0.681. The minimum Gasteiger partial charge on any atom is -0.360 e. The number of aromatic amines is 1. The fourth-order valence-corrected chi connectivity index (χ4v) is 3.11. The molecule has 0 aliphatic carbocycles. The summed E-state index contributed by atoms with van der Waals surface area (Å²) in [6, 6.07) is 5.74. The van der Waals surface area contributed by atoms with Gasteiger partial charge >= 0.3 is 0 Å². The number of carbonyl (C=O) groups excluding carboxylic acids is 1. The molecule has 3 rings (SSSR count). The Balaban J connectivity index is 1.59. The first kappa shape index (κ1) is 15.8. The summed E-state index contributed by atoms with van der Waals surface area (Å²) in [4.78, 5) is 20.5. The number of carbonyl (C=O) groups is 1. The summed E-state index contributed by atoms with van der Waals surface area (Å²) in [5, 5.41) is 0.935. The third-order valence-electron chi connectivity index (χ3n) is 4.62. The maximum Gasteiger partial charge on any atom is 0.165 e. The molecule has 2 heterocycles. The number of rotatable bonds is 5. The highest BCUT2D eigenvalue weighted by Gasteiger charge is 2.15. The van der Waals surface area contributed by atoms with Gasteiger partial charge < -0.3 is 14.8 Å². The Bertz CT molecular complexity index is 733. The molecule has 2 aromatic rings. The molecule has 1 N–H and O–H groups in total. The van der Waals surface area contributed by atoms with Crippen LogP contribution in [-0.2, 0) is 0 Å². The van der Waals surface area contributed by atoms with E-state index in [1.807, 2.05) is 24.4 Å². The van der Waals surface area contributed by atoms with E-state index >= 15 is 0 Å². The van der Waals surface area contributed by atoms with E-state index in [1.54, 1.807) is 0 Å². The number of nitrogens with one attached hydrogen (secondary N) is 1. The molecule has 1 fully saturated rings. The second kappa shape index (κ2) is 6.99. The summed E-state index contributed by atoms with van der Waals surface area (Å²) in [5.41, 5.74) is 2.53. The third kappa shape index (κ3) is 3.64. The van der Waals surface area contributed by atoms with Gasteiger partial charge in [-0.1, -0.05) is 5.92 Å². The number of H-pyrrole nitrogens is 1. The fourth-order valence-electron chi connectivity index (χ4n) is 3.11. The van der Waals surface area contributed by atoms with Crippen LogP contribution in [0.2, 0.25) is 0 Å². The largest absolute Gasteiger partial charge is 0.360 e. The van der Waals surface area contributed by atoms with Crippen molar-refractivity contribution >= 4 is 16.7 Å². The topological polar surface area (TPSA) is 39.3 Å². The van der Waals surface area contributed by atoms with Gasteiger partial charge in [-0.2, -0.15) is 0 Å². The highest BCUT2D eigenvalue weighted by atomic mass is 16.1. The van der Waals surface area contributed by atoms with Crippen molar-refractivity contribution in [2.75, 3.05) is 39.8 Å². The van der Waals surface area contributed by atoms with Gasteiger partial charge in [-0.25, -0.2) is 0 Å². The number of piperazine rings is 1. The van der Waals surface area contributed by atoms with Crippen molar-refractivity contribution in [1.29, 1.82) is 0 Å². The first-order valence-corrected chi connectivity index (χ1v) is 8.19. The van der Waals surface area contributed by atoms with E-state index in [0.29, 0.717) is 6.42 Å². The lowest BCUT2D eigenvalue weighted by Gasteiger charge is -2.32. The molecule has 4 nitrogen and oxygen atoms in total. The van der Waals surface area contributed by atoms with Crippen molar-refractivity contribution < 1.29 is 4.79 Å². The molecule has 23 heavy (non-hydrogen) atoms. The summed E-state index contributed by atoms with van der Waals surface area (Å²) in [5.74, 6) is 2.82.